The van der Waals surface area contributed by atoms with Crippen LogP contribution in [0.2, 0.25) is 4.34 Å². The largest absolute Gasteiger partial charge is 0.487 e. The molecule has 2 aromatic carbocycles. The molecule has 0 unspecified atom stereocenters. The van der Waals surface area contributed by atoms with Gasteiger partial charge in [0.25, 0.3) is 0 Å². The number of hydrogen-bond donors (Lipinski definition) is 1. The first-order chi connectivity index (χ1) is 11.8. The highest BCUT2D eigenvalue weighted by atomic mass is 35.5. The molecular formula is C17H10ClF3O3S. The summed E-state index contributed by atoms with van der Waals surface area (Å²) in [6, 6.07) is 9.17. The van der Waals surface area contributed by atoms with Gasteiger partial charge in [0.05, 0.1) is 9.90 Å². The molecule has 1 aromatic heterocycles. The van der Waals surface area contributed by atoms with Gasteiger partial charge in [0, 0.05) is 10.1 Å². The summed E-state index contributed by atoms with van der Waals surface area (Å²) in [6.07, 6.45) is -4.41. The molecule has 25 heavy (non-hydrogen) atoms. The van der Waals surface area contributed by atoms with Crippen molar-refractivity contribution < 1.29 is 27.8 Å². The zero-order valence-electron chi connectivity index (χ0n) is 12.4. The molecule has 0 atom stereocenters. The number of alkyl halides is 3. The van der Waals surface area contributed by atoms with E-state index in [1.165, 1.54) is 29.5 Å². The average molecular weight is 387 g/mol. The van der Waals surface area contributed by atoms with E-state index in [2.05, 4.69) is 0 Å². The Kier molecular flexibility index (Phi) is 4.62. The van der Waals surface area contributed by atoms with Crippen LogP contribution in [0.3, 0.4) is 0 Å². The molecule has 8 heteroatoms. The minimum atomic E-state index is -4.41. The van der Waals surface area contributed by atoms with Crippen LogP contribution in [0.25, 0.3) is 10.1 Å². The highest BCUT2D eigenvalue weighted by molar-refractivity contribution is 7.22. The van der Waals surface area contributed by atoms with Gasteiger partial charge in [-0.3, -0.25) is 0 Å². The summed E-state index contributed by atoms with van der Waals surface area (Å²) in [4.78, 5) is 11.4. The fraction of sp³-hybridized carbons (Fsp3) is 0.118. The van der Waals surface area contributed by atoms with Crippen molar-refractivity contribution in [1.29, 1.82) is 0 Å². The molecule has 0 amide bonds. The quantitative estimate of drug-likeness (QED) is 0.611. The van der Waals surface area contributed by atoms with E-state index in [9.17, 15) is 23.1 Å². The van der Waals surface area contributed by atoms with E-state index in [1.807, 2.05) is 0 Å². The third-order valence-electron chi connectivity index (χ3n) is 3.52. The maximum absolute atomic E-state index is 12.6. The predicted octanol–water partition coefficient (Wildman–Crippen LogP) is 5.85. The second-order valence-electron chi connectivity index (χ2n) is 5.19. The molecule has 1 N–H and O–H groups in total. The van der Waals surface area contributed by atoms with E-state index in [-0.39, 0.29) is 17.9 Å². The molecule has 3 aromatic rings. The maximum Gasteiger partial charge on any atom is 0.416 e. The lowest BCUT2D eigenvalue weighted by molar-refractivity contribution is -0.137. The van der Waals surface area contributed by atoms with Crippen molar-refractivity contribution in [2.75, 3.05) is 0 Å². The van der Waals surface area contributed by atoms with Crippen molar-refractivity contribution in [2.24, 2.45) is 0 Å². The highest BCUT2D eigenvalue weighted by Gasteiger charge is 2.30. The normalized spacial score (nSPS) is 11.7. The van der Waals surface area contributed by atoms with E-state index in [1.54, 1.807) is 12.1 Å². The Hall–Kier alpha value is -2.25. The molecule has 0 aliphatic rings. The number of rotatable bonds is 4. The molecule has 0 fully saturated rings. The fourth-order valence-corrected chi connectivity index (χ4v) is 3.47. The number of carbonyl (C=O) groups is 1. The van der Waals surface area contributed by atoms with Crippen molar-refractivity contribution in [3.8, 4) is 5.75 Å². The van der Waals surface area contributed by atoms with Crippen LogP contribution >= 0.6 is 22.9 Å². The molecule has 130 valence electrons. The van der Waals surface area contributed by atoms with Crippen LogP contribution in [0.1, 0.15) is 21.5 Å². The Morgan fingerprint density at radius 2 is 1.84 bits per heavy atom. The minimum Gasteiger partial charge on any atom is -0.487 e. The molecule has 3 nitrogen and oxygen atoms in total. The van der Waals surface area contributed by atoms with Crippen molar-refractivity contribution in [1.82, 2.24) is 0 Å². The van der Waals surface area contributed by atoms with Crippen LogP contribution in [0, 0.1) is 0 Å². The predicted molar refractivity (Wildman–Crippen MR) is 89.6 cm³/mol. The number of fused-ring (bicyclic) bond motifs is 1. The number of ether oxygens (including phenoxy) is 1. The summed E-state index contributed by atoms with van der Waals surface area (Å²) in [5.74, 6) is -1.01. The van der Waals surface area contributed by atoms with E-state index < -0.39 is 17.7 Å². The zero-order valence-corrected chi connectivity index (χ0v) is 14.0. The lowest BCUT2D eigenvalue weighted by Crippen LogP contribution is -2.06. The number of carboxylic acid groups (broad SMARTS) is 1. The van der Waals surface area contributed by atoms with Crippen molar-refractivity contribution in [2.45, 2.75) is 12.8 Å². The van der Waals surface area contributed by atoms with E-state index in [4.69, 9.17) is 16.3 Å². The van der Waals surface area contributed by atoms with Gasteiger partial charge in [0.15, 0.2) is 0 Å². The summed E-state index contributed by atoms with van der Waals surface area (Å²) >= 11 is 7.25. The monoisotopic (exact) mass is 386 g/mol. The molecule has 0 bridgehead atoms. The fourth-order valence-electron chi connectivity index (χ4n) is 2.32. The van der Waals surface area contributed by atoms with Crippen molar-refractivity contribution in [3.05, 3.63) is 63.5 Å². The van der Waals surface area contributed by atoms with Gasteiger partial charge in [-0.2, -0.15) is 13.2 Å². The van der Waals surface area contributed by atoms with Crippen molar-refractivity contribution >= 4 is 39.0 Å². The number of halogens is 4. The molecule has 3 rings (SSSR count). The zero-order chi connectivity index (χ0) is 18.2. The Bertz CT molecular complexity index is 933. The summed E-state index contributed by atoms with van der Waals surface area (Å²) in [6.45, 7) is -0.0645. The number of carboxylic acids is 1. The summed E-state index contributed by atoms with van der Waals surface area (Å²) in [5, 5.41) is 9.88. The van der Waals surface area contributed by atoms with E-state index in [0.29, 0.717) is 15.3 Å². The van der Waals surface area contributed by atoms with E-state index >= 15 is 0 Å². The first-order valence-corrected chi connectivity index (χ1v) is 8.19. The van der Waals surface area contributed by atoms with Crippen LogP contribution in [-0.4, -0.2) is 11.1 Å². The van der Waals surface area contributed by atoms with Gasteiger partial charge < -0.3 is 9.84 Å². The summed E-state index contributed by atoms with van der Waals surface area (Å²) < 4.78 is 44.6. The summed E-state index contributed by atoms with van der Waals surface area (Å²) in [7, 11) is 0. The Morgan fingerprint density at radius 1 is 1.16 bits per heavy atom. The Morgan fingerprint density at radius 3 is 2.44 bits per heavy atom. The highest BCUT2D eigenvalue weighted by Crippen LogP contribution is 2.38. The lowest BCUT2D eigenvalue weighted by Gasteiger charge is -2.12. The number of benzene rings is 2. The second kappa shape index (κ2) is 6.57. The smallest absolute Gasteiger partial charge is 0.416 e. The third-order valence-corrected chi connectivity index (χ3v) is 4.75. The number of thiophene rings is 1. The third kappa shape index (κ3) is 3.72. The van der Waals surface area contributed by atoms with Gasteiger partial charge in [-0.1, -0.05) is 23.7 Å². The topological polar surface area (TPSA) is 46.5 Å². The Labute approximate surface area is 149 Å². The first-order valence-electron chi connectivity index (χ1n) is 7.00. The van der Waals surface area contributed by atoms with Crippen LogP contribution in [0.4, 0.5) is 13.2 Å². The Balaban J connectivity index is 1.90. The van der Waals surface area contributed by atoms with Gasteiger partial charge in [-0.15, -0.1) is 11.3 Å². The number of aromatic carboxylic acids is 1. The van der Waals surface area contributed by atoms with Gasteiger partial charge in [0.2, 0.25) is 0 Å². The molecule has 1 heterocycles. The van der Waals surface area contributed by atoms with Crippen molar-refractivity contribution in [3.63, 3.8) is 0 Å². The molecule has 0 radical (unpaired) electrons. The molecule has 0 saturated heterocycles. The van der Waals surface area contributed by atoms with Gasteiger partial charge in [-0.25, -0.2) is 4.79 Å². The molecule has 0 aliphatic heterocycles. The maximum atomic E-state index is 12.6. The standard InChI is InChI=1S/C17H10ClF3O3S/c18-14-7-12-13(25-14)6-5-11(16(22)23)15(12)24-8-9-1-3-10(4-2-9)17(19,20)21/h1-7H,8H2,(H,22,23). The number of hydrogen-bond acceptors (Lipinski definition) is 3. The van der Waals surface area contributed by atoms with Crippen LogP contribution in [0.15, 0.2) is 42.5 Å². The minimum absolute atomic E-state index is 0.0334. The van der Waals surface area contributed by atoms with Crippen LogP contribution in [-0.2, 0) is 12.8 Å². The van der Waals surface area contributed by atoms with Crippen LogP contribution in [0.5, 0.6) is 5.75 Å². The first kappa shape index (κ1) is 17.6. The lowest BCUT2D eigenvalue weighted by atomic mass is 10.1. The second-order valence-corrected chi connectivity index (χ2v) is 6.91. The van der Waals surface area contributed by atoms with Gasteiger partial charge >= 0.3 is 12.1 Å². The molecule has 0 saturated carbocycles. The van der Waals surface area contributed by atoms with Crippen LogP contribution < -0.4 is 4.74 Å². The molecular weight excluding hydrogens is 377 g/mol. The van der Waals surface area contributed by atoms with Gasteiger partial charge in [-0.05, 0) is 35.9 Å². The average Bonchev–Trinajstić information content (AvgIpc) is 2.92. The van der Waals surface area contributed by atoms with Gasteiger partial charge in [0.1, 0.15) is 17.9 Å². The van der Waals surface area contributed by atoms with E-state index in [0.717, 1.165) is 16.8 Å². The summed E-state index contributed by atoms with van der Waals surface area (Å²) in [5.41, 5.74) is -0.300. The SMILES string of the molecule is O=C(O)c1ccc2sc(Cl)cc2c1OCc1ccc(C(F)(F)F)cc1. The molecule has 0 aliphatic carbocycles. The molecule has 0 spiro atoms.